The average Bonchev–Trinajstić information content (AvgIpc) is 1.83. The molecule has 0 bridgehead atoms. The lowest BCUT2D eigenvalue weighted by Crippen LogP contribution is -2.00. The molecule has 0 heterocycles. The molecule has 0 amide bonds. The largest absolute Gasteiger partial charge is 0.792 e. The van der Waals surface area contributed by atoms with Crippen molar-refractivity contribution in [2.75, 3.05) is 5.75 Å². The molecule has 8 heavy (non-hydrogen) atoms. The van der Waals surface area contributed by atoms with Crippen LogP contribution >= 0.6 is 0 Å². The second kappa shape index (κ2) is 4.66. The maximum atomic E-state index is 8.19. The molecule has 44 valence electrons. The highest BCUT2D eigenvalue weighted by molar-refractivity contribution is 7.58. The van der Waals surface area contributed by atoms with Crippen LogP contribution in [0.5, 0.6) is 0 Å². The van der Waals surface area contributed by atoms with Crippen LogP contribution in [0.3, 0.4) is 0 Å². The summed E-state index contributed by atoms with van der Waals surface area (Å²) in [6.07, 6.45) is 0.586. The van der Waals surface area contributed by atoms with Crippen LogP contribution in [0.15, 0.2) is 4.99 Å². The van der Waals surface area contributed by atoms with Gasteiger partial charge in [-0.2, -0.15) is 11.0 Å². The molecule has 0 aliphatic rings. The predicted octanol–water partition coefficient (Wildman–Crippen LogP) is 0.393. The highest BCUT2D eigenvalue weighted by atomic mass is 32.1. The summed E-state index contributed by atoms with van der Waals surface area (Å²) in [6, 6.07) is 1.50. The standard InChI is InChI=1S/C5H7N2S/c1-7-5(4-6)2-3-8/h1,5,8H,2-3H2/q-1/p-1. The number of nitrogens with zero attached hydrogens (tertiary/aromatic N) is 2. The van der Waals surface area contributed by atoms with Crippen molar-refractivity contribution in [2.45, 2.75) is 12.5 Å². The van der Waals surface area contributed by atoms with Gasteiger partial charge in [0, 0.05) is 0 Å². The van der Waals surface area contributed by atoms with E-state index in [1.165, 1.54) is 0 Å². The molecule has 0 aromatic carbocycles. The van der Waals surface area contributed by atoms with Crippen molar-refractivity contribution in [3.8, 4) is 6.07 Å². The summed E-state index contributed by atoms with van der Waals surface area (Å²) in [4.78, 5) is 3.27. The zero-order valence-corrected chi connectivity index (χ0v) is 5.19. The fraction of sp³-hybridized carbons (Fsp3) is 0.600. The molecule has 2 nitrogen and oxygen atoms in total. The van der Waals surface area contributed by atoms with E-state index in [-0.39, 0.29) is 0 Å². The Kier molecular flexibility index (Phi) is 4.38. The minimum atomic E-state index is -0.396. The summed E-state index contributed by atoms with van der Waals surface area (Å²) in [5.74, 6) is 0.541. The van der Waals surface area contributed by atoms with E-state index in [1.54, 1.807) is 0 Å². The van der Waals surface area contributed by atoms with E-state index >= 15 is 0 Å². The molecule has 0 aliphatic heterocycles. The summed E-state index contributed by atoms with van der Waals surface area (Å²) in [6.45, 7) is 4.83. The molecule has 0 spiro atoms. The number of aliphatic imine (C=N–C) groups is 1. The third-order valence-corrected chi connectivity index (χ3v) is 0.956. The lowest BCUT2D eigenvalue weighted by atomic mass is 10.3. The summed E-state index contributed by atoms with van der Waals surface area (Å²) in [5, 5.41) is 8.19. The van der Waals surface area contributed by atoms with Gasteiger partial charge >= 0.3 is 0 Å². The van der Waals surface area contributed by atoms with E-state index < -0.39 is 6.04 Å². The van der Waals surface area contributed by atoms with Gasteiger partial charge in [-0.3, -0.25) is 0 Å². The zero-order chi connectivity index (χ0) is 6.41. The lowest BCUT2D eigenvalue weighted by molar-refractivity contribution is 0.812. The van der Waals surface area contributed by atoms with Crippen molar-refractivity contribution in [2.24, 2.45) is 4.99 Å². The molecule has 0 rings (SSSR count). The average molecular weight is 126 g/mol. The SMILES string of the molecule is [CH-]=NC(C#N)CC[S-]. The molecular weight excluding hydrogens is 120 g/mol. The molecule has 0 saturated heterocycles. The Morgan fingerprint density at radius 1 is 1.88 bits per heavy atom. The molecule has 1 unspecified atom stereocenters. The van der Waals surface area contributed by atoms with Crippen molar-refractivity contribution in [3.63, 3.8) is 0 Å². The molecule has 0 fully saturated rings. The minimum Gasteiger partial charge on any atom is -0.792 e. The van der Waals surface area contributed by atoms with E-state index in [2.05, 4.69) is 17.6 Å². The van der Waals surface area contributed by atoms with Crippen LogP contribution < -0.4 is 0 Å². The van der Waals surface area contributed by atoms with E-state index in [1.807, 2.05) is 6.07 Å². The van der Waals surface area contributed by atoms with Crippen LogP contribution in [0, 0.1) is 11.3 Å². The van der Waals surface area contributed by atoms with Crippen molar-refractivity contribution in [3.05, 3.63) is 0 Å². The Morgan fingerprint density at radius 3 is 2.62 bits per heavy atom. The van der Waals surface area contributed by atoms with Gasteiger partial charge in [-0.25, -0.2) is 0 Å². The van der Waals surface area contributed by atoms with Crippen molar-refractivity contribution < 1.29 is 0 Å². The van der Waals surface area contributed by atoms with Crippen LogP contribution in [-0.2, 0) is 12.6 Å². The second-order valence-corrected chi connectivity index (χ2v) is 1.70. The van der Waals surface area contributed by atoms with Gasteiger partial charge in [0.05, 0.1) is 12.1 Å². The van der Waals surface area contributed by atoms with E-state index in [4.69, 9.17) is 12.0 Å². The Hall–Kier alpha value is -0.490. The quantitative estimate of drug-likeness (QED) is 0.311. The fourth-order valence-electron chi connectivity index (χ4n) is 0.284. The Bertz CT molecular complexity index is 105. The summed E-state index contributed by atoms with van der Waals surface area (Å²) in [7, 11) is 0. The maximum Gasteiger partial charge on any atom is 0.0987 e. The van der Waals surface area contributed by atoms with Crippen LogP contribution in [0.4, 0.5) is 0 Å². The predicted molar refractivity (Wildman–Crippen MR) is 34.7 cm³/mol. The molecule has 0 aromatic heterocycles. The number of nitriles is 1. The van der Waals surface area contributed by atoms with Crippen LogP contribution in [0.2, 0.25) is 0 Å². The number of hydrogen-bond acceptors (Lipinski definition) is 3. The smallest absolute Gasteiger partial charge is 0.0987 e. The van der Waals surface area contributed by atoms with Gasteiger partial charge in [-0.15, -0.1) is 0 Å². The third-order valence-electron chi connectivity index (χ3n) is 0.720. The Morgan fingerprint density at radius 2 is 2.50 bits per heavy atom. The van der Waals surface area contributed by atoms with Gasteiger partial charge in [-0.05, 0) is 6.42 Å². The van der Waals surface area contributed by atoms with Gasteiger partial charge in [0.15, 0.2) is 0 Å². The normalized spacial score (nSPS) is 12.0. The van der Waals surface area contributed by atoms with Gasteiger partial charge < -0.3 is 24.3 Å². The molecule has 0 aromatic rings. The zero-order valence-electron chi connectivity index (χ0n) is 4.37. The Labute approximate surface area is 54.6 Å². The summed E-state index contributed by atoms with van der Waals surface area (Å²) in [5.41, 5.74) is 0. The topological polar surface area (TPSA) is 36.1 Å². The summed E-state index contributed by atoms with van der Waals surface area (Å²) < 4.78 is 0. The van der Waals surface area contributed by atoms with Crippen molar-refractivity contribution in [1.82, 2.24) is 0 Å². The highest BCUT2D eigenvalue weighted by Gasteiger charge is 1.90. The molecule has 0 radical (unpaired) electrons. The van der Waals surface area contributed by atoms with Crippen molar-refractivity contribution in [1.29, 1.82) is 5.26 Å². The molecule has 0 N–H and O–H groups in total. The fourth-order valence-corrected chi connectivity index (χ4v) is 0.507. The first kappa shape index (κ1) is 7.51. The van der Waals surface area contributed by atoms with Crippen LogP contribution in [0.1, 0.15) is 6.42 Å². The minimum absolute atomic E-state index is 0.396. The third kappa shape index (κ3) is 2.64. The van der Waals surface area contributed by atoms with E-state index in [0.717, 1.165) is 0 Å². The van der Waals surface area contributed by atoms with Gasteiger partial charge in [0.2, 0.25) is 0 Å². The highest BCUT2D eigenvalue weighted by Crippen LogP contribution is 1.92. The second-order valence-electron chi connectivity index (χ2n) is 1.29. The lowest BCUT2D eigenvalue weighted by Gasteiger charge is -2.07. The first-order valence-electron chi connectivity index (χ1n) is 2.23. The van der Waals surface area contributed by atoms with E-state index in [0.29, 0.717) is 12.2 Å². The van der Waals surface area contributed by atoms with Crippen LogP contribution in [-0.4, -0.2) is 18.5 Å². The van der Waals surface area contributed by atoms with Gasteiger partial charge in [-0.1, -0.05) is 0 Å². The number of hydrogen-bond donors (Lipinski definition) is 0. The van der Waals surface area contributed by atoms with Gasteiger partial charge in [0.1, 0.15) is 0 Å². The summed E-state index contributed by atoms with van der Waals surface area (Å²) >= 11 is 4.59. The maximum absolute atomic E-state index is 8.19. The monoisotopic (exact) mass is 126 g/mol. The molecule has 1 atom stereocenters. The first-order chi connectivity index (χ1) is 3.85. The van der Waals surface area contributed by atoms with Gasteiger partial charge in [0.25, 0.3) is 0 Å². The Balaban J connectivity index is 3.40. The first-order valence-corrected chi connectivity index (χ1v) is 2.80. The molecule has 0 saturated carbocycles. The van der Waals surface area contributed by atoms with E-state index in [9.17, 15) is 0 Å². The molecule has 3 heteroatoms. The molecule has 0 aliphatic carbocycles. The molecular formula is C5H6N2S-2. The number of rotatable bonds is 3. The van der Waals surface area contributed by atoms with Crippen molar-refractivity contribution >= 4 is 19.3 Å². The van der Waals surface area contributed by atoms with Crippen LogP contribution in [0.25, 0.3) is 0 Å².